The fourth-order valence-corrected chi connectivity index (χ4v) is 3.43. The van der Waals surface area contributed by atoms with Crippen LogP contribution >= 0.6 is 27.7 Å². The summed E-state index contributed by atoms with van der Waals surface area (Å²) in [5, 5.41) is 11.6. The van der Waals surface area contributed by atoms with Crippen molar-refractivity contribution >= 4 is 45.2 Å². The zero-order chi connectivity index (χ0) is 15.7. The van der Waals surface area contributed by atoms with E-state index in [0.29, 0.717) is 17.1 Å². The molecule has 0 unspecified atom stereocenters. The topological polar surface area (TPSA) is 85.8 Å². The Balaban J connectivity index is 1.61. The first kappa shape index (κ1) is 15.4. The molecule has 0 radical (unpaired) electrons. The molecule has 6 nitrogen and oxygen atoms in total. The molecule has 116 valence electrons. The van der Waals surface area contributed by atoms with Gasteiger partial charge in [-0.2, -0.15) is 0 Å². The van der Waals surface area contributed by atoms with Crippen LogP contribution in [0.15, 0.2) is 27.8 Å². The van der Waals surface area contributed by atoms with Crippen molar-refractivity contribution in [3.8, 4) is 0 Å². The number of aryl methyl sites for hydroxylation is 1. The van der Waals surface area contributed by atoms with Crippen molar-refractivity contribution in [2.45, 2.75) is 31.0 Å². The van der Waals surface area contributed by atoms with E-state index in [1.165, 1.54) is 11.8 Å². The maximum absolute atomic E-state index is 12.1. The molecule has 0 atom stereocenters. The van der Waals surface area contributed by atoms with Crippen molar-refractivity contribution in [3.05, 3.63) is 28.2 Å². The van der Waals surface area contributed by atoms with Gasteiger partial charge in [-0.1, -0.05) is 27.7 Å². The molecular weight excluding hydrogens is 366 g/mol. The van der Waals surface area contributed by atoms with Crippen LogP contribution in [-0.4, -0.2) is 26.4 Å². The number of amides is 1. The Labute approximate surface area is 141 Å². The maximum atomic E-state index is 12.1. The number of hydrogen-bond donors (Lipinski definition) is 2. The third-order valence-corrected chi connectivity index (χ3v) is 4.83. The van der Waals surface area contributed by atoms with Crippen molar-refractivity contribution in [3.63, 3.8) is 0 Å². The minimum absolute atomic E-state index is 0.0701. The van der Waals surface area contributed by atoms with E-state index in [-0.39, 0.29) is 11.7 Å². The summed E-state index contributed by atoms with van der Waals surface area (Å²) >= 11 is 4.77. The third-order valence-electron chi connectivity index (χ3n) is 3.40. The highest BCUT2D eigenvalue weighted by molar-refractivity contribution is 9.10. The van der Waals surface area contributed by atoms with Gasteiger partial charge >= 0.3 is 0 Å². The Morgan fingerprint density at radius 2 is 2.27 bits per heavy atom. The number of carbonyl (C=O) groups excluding carboxylic acids is 1. The molecule has 1 aliphatic rings. The summed E-state index contributed by atoms with van der Waals surface area (Å²) in [6, 6.07) is 6.15. The van der Waals surface area contributed by atoms with Gasteiger partial charge in [-0.15, -0.1) is 10.2 Å². The molecule has 1 fully saturated rings. The SMILES string of the molecule is Cc1cc(Br)ccc1NC(=O)CSc1nnc(N)n1C1CC1. The summed E-state index contributed by atoms with van der Waals surface area (Å²) in [4.78, 5) is 12.1. The fraction of sp³-hybridized carbons (Fsp3) is 0.357. The number of anilines is 2. The average Bonchev–Trinajstić information content (AvgIpc) is 3.23. The predicted octanol–water partition coefficient (Wildman–Crippen LogP) is 3.00. The van der Waals surface area contributed by atoms with E-state index in [2.05, 4.69) is 31.4 Å². The van der Waals surface area contributed by atoms with E-state index in [0.717, 1.165) is 28.6 Å². The van der Waals surface area contributed by atoms with Gasteiger partial charge in [0.1, 0.15) is 0 Å². The van der Waals surface area contributed by atoms with Gasteiger partial charge in [0.15, 0.2) is 5.16 Å². The van der Waals surface area contributed by atoms with Crippen LogP contribution in [0.5, 0.6) is 0 Å². The van der Waals surface area contributed by atoms with Crippen LogP contribution in [0.1, 0.15) is 24.4 Å². The van der Waals surface area contributed by atoms with Crippen LogP contribution in [-0.2, 0) is 4.79 Å². The van der Waals surface area contributed by atoms with Crippen molar-refractivity contribution in [2.24, 2.45) is 0 Å². The van der Waals surface area contributed by atoms with Crippen LogP contribution in [0.3, 0.4) is 0 Å². The Kier molecular flexibility index (Phi) is 4.39. The number of nitrogens with one attached hydrogen (secondary N) is 1. The Hall–Kier alpha value is -1.54. The molecule has 0 aliphatic heterocycles. The predicted molar refractivity (Wildman–Crippen MR) is 90.9 cm³/mol. The van der Waals surface area contributed by atoms with Gasteiger partial charge in [-0.25, -0.2) is 0 Å². The number of halogens is 1. The summed E-state index contributed by atoms with van der Waals surface area (Å²) in [5.41, 5.74) is 7.65. The molecule has 1 saturated carbocycles. The van der Waals surface area contributed by atoms with Crippen molar-refractivity contribution in [1.29, 1.82) is 0 Å². The second kappa shape index (κ2) is 6.29. The van der Waals surface area contributed by atoms with Crippen LogP contribution < -0.4 is 11.1 Å². The highest BCUT2D eigenvalue weighted by Crippen LogP contribution is 2.39. The minimum atomic E-state index is -0.0701. The van der Waals surface area contributed by atoms with E-state index in [1.54, 1.807) is 0 Å². The number of nitrogen functional groups attached to an aromatic ring is 1. The smallest absolute Gasteiger partial charge is 0.234 e. The molecule has 0 spiro atoms. The summed E-state index contributed by atoms with van der Waals surface area (Å²) in [6.45, 7) is 1.96. The summed E-state index contributed by atoms with van der Waals surface area (Å²) in [5.74, 6) is 0.633. The summed E-state index contributed by atoms with van der Waals surface area (Å²) < 4.78 is 2.91. The lowest BCUT2D eigenvalue weighted by Gasteiger charge is -2.09. The number of rotatable bonds is 5. The van der Waals surface area contributed by atoms with E-state index >= 15 is 0 Å². The number of nitrogens with two attached hydrogens (primary N) is 1. The van der Waals surface area contributed by atoms with Gasteiger partial charge in [0.25, 0.3) is 0 Å². The number of carbonyl (C=O) groups is 1. The normalized spacial score (nSPS) is 14.1. The molecule has 3 rings (SSSR count). The monoisotopic (exact) mass is 381 g/mol. The van der Waals surface area contributed by atoms with Crippen molar-refractivity contribution in [2.75, 3.05) is 16.8 Å². The Bertz CT molecular complexity index is 713. The lowest BCUT2D eigenvalue weighted by atomic mass is 10.2. The molecular formula is C14H16BrN5OS. The molecule has 2 aromatic rings. The molecule has 0 saturated heterocycles. The molecule has 1 aromatic heterocycles. The zero-order valence-electron chi connectivity index (χ0n) is 12.0. The van der Waals surface area contributed by atoms with Crippen molar-refractivity contribution < 1.29 is 4.79 Å². The second-order valence-electron chi connectivity index (χ2n) is 5.24. The van der Waals surface area contributed by atoms with Crippen LogP contribution in [0, 0.1) is 6.92 Å². The maximum Gasteiger partial charge on any atom is 0.234 e. The van der Waals surface area contributed by atoms with Gasteiger partial charge in [-0.3, -0.25) is 9.36 Å². The third kappa shape index (κ3) is 3.44. The molecule has 3 N–H and O–H groups in total. The van der Waals surface area contributed by atoms with E-state index in [9.17, 15) is 4.79 Å². The number of aromatic nitrogens is 3. The van der Waals surface area contributed by atoms with Crippen LogP contribution in [0.25, 0.3) is 0 Å². The van der Waals surface area contributed by atoms with Crippen LogP contribution in [0.4, 0.5) is 11.6 Å². The first-order chi connectivity index (χ1) is 10.5. The number of nitrogens with zero attached hydrogens (tertiary/aromatic N) is 3. The fourth-order valence-electron chi connectivity index (χ4n) is 2.15. The quantitative estimate of drug-likeness (QED) is 0.777. The largest absolute Gasteiger partial charge is 0.368 e. The number of thioether (sulfide) groups is 1. The molecule has 1 heterocycles. The zero-order valence-corrected chi connectivity index (χ0v) is 14.4. The Morgan fingerprint density at radius 3 is 2.95 bits per heavy atom. The summed E-state index contributed by atoms with van der Waals surface area (Å²) in [6.07, 6.45) is 2.19. The molecule has 1 amide bonds. The van der Waals surface area contributed by atoms with Gasteiger partial charge in [0, 0.05) is 16.2 Å². The van der Waals surface area contributed by atoms with Crippen molar-refractivity contribution in [1.82, 2.24) is 14.8 Å². The highest BCUT2D eigenvalue weighted by Gasteiger charge is 2.29. The van der Waals surface area contributed by atoms with Crippen LogP contribution in [0.2, 0.25) is 0 Å². The number of benzene rings is 1. The lowest BCUT2D eigenvalue weighted by Crippen LogP contribution is -2.15. The van der Waals surface area contributed by atoms with Gasteiger partial charge < -0.3 is 11.1 Å². The van der Waals surface area contributed by atoms with E-state index < -0.39 is 0 Å². The molecule has 1 aromatic carbocycles. The summed E-state index contributed by atoms with van der Waals surface area (Å²) in [7, 11) is 0. The highest BCUT2D eigenvalue weighted by atomic mass is 79.9. The molecule has 0 bridgehead atoms. The van der Waals surface area contributed by atoms with Gasteiger partial charge in [0.2, 0.25) is 11.9 Å². The lowest BCUT2D eigenvalue weighted by molar-refractivity contribution is -0.113. The first-order valence-electron chi connectivity index (χ1n) is 6.94. The minimum Gasteiger partial charge on any atom is -0.368 e. The average molecular weight is 382 g/mol. The second-order valence-corrected chi connectivity index (χ2v) is 7.10. The van der Waals surface area contributed by atoms with E-state index in [1.807, 2.05) is 29.7 Å². The molecule has 8 heteroatoms. The van der Waals surface area contributed by atoms with Gasteiger partial charge in [0.05, 0.1) is 5.75 Å². The Morgan fingerprint density at radius 1 is 1.50 bits per heavy atom. The first-order valence-corrected chi connectivity index (χ1v) is 8.71. The van der Waals surface area contributed by atoms with E-state index in [4.69, 9.17) is 5.73 Å². The standard InChI is InChI=1S/C14H16BrN5OS/c1-8-6-9(15)2-5-11(8)17-12(21)7-22-14-19-18-13(16)20(14)10-3-4-10/h2,5-6,10H,3-4,7H2,1H3,(H2,16,18)(H,17,21). The van der Waals surface area contributed by atoms with Gasteiger partial charge in [-0.05, 0) is 43.5 Å². The molecule has 1 aliphatic carbocycles. The molecule has 22 heavy (non-hydrogen) atoms. The number of hydrogen-bond acceptors (Lipinski definition) is 5.